The van der Waals surface area contributed by atoms with E-state index < -0.39 is 0 Å². The molecule has 1 heterocycles. The minimum atomic E-state index is 0.289. The summed E-state index contributed by atoms with van der Waals surface area (Å²) in [7, 11) is 4.14. The van der Waals surface area contributed by atoms with Crippen molar-refractivity contribution in [2.45, 2.75) is 32.2 Å². The van der Waals surface area contributed by atoms with Crippen LogP contribution in [0.25, 0.3) is 0 Å². The molecular formula is C13H24N4. The highest BCUT2D eigenvalue weighted by atomic mass is 15.2. The van der Waals surface area contributed by atoms with E-state index in [0.717, 1.165) is 31.5 Å². The van der Waals surface area contributed by atoms with Gasteiger partial charge in [0, 0.05) is 24.4 Å². The Hall–Kier alpha value is -0.970. The molecule has 0 saturated carbocycles. The van der Waals surface area contributed by atoms with Crippen LogP contribution in [-0.2, 0) is 12.8 Å². The van der Waals surface area contributed by atoms with E-state index >= 15 is 0 Å². The molecule has 0 aromatic carbocycles. The molecule has 96 valence electrons. The maximum atomic E-state index is 5.57. The number of hydrogen-bond donors (Lipinski definition) is 2. The van der Waals surface area contributed by atoms with E-state index in [9.17, 15) is 0 Å². The molecule has 1 unspecified atom stereocenters. The molecule has 0 aliphatic carbocycles. The molecule has 17 heavy (non-hydrogen) atoms. The van der Waals surface area contributed by atoms with Crippen molar-refractivity contribution >= 4 is 0 Å². The van der Waals surface area contributed by atoms with Crippen LogP contribution in [0.15, 0.2) is 18.3 Å². The van der Waals surface area contributed by atoms with E-state index in [1.54, 1.807) is 0 Å². The van der Waals surface area contributed by atoms with E-state index in [1.807, 2.05) is 6.20 Å². The molecule has 1 atom stereocenters. The first kappa shape index (κ1) is 14.1. The summed E-state index contributed by atoms with van der Waals surface area (Å²) >= 11 is 0. The second-order valence-electron chi connectivity index (χ2n) is 4.67. The molecule has 0 aliphatic rings. The van der Waals surface area contributed by atoms with Gasteiger partial charge in [-0.3, -0.25) is 16.3 Å². The minimum absolute atomic E-state index is 0.289. The van der Waals surface area contributed by atoms with Crippen molar-refractivity contribution in [3.63, 3.8) is 0 Å². The summed E-state index contributed by atoms with van der Waals surface area (Å²) in [5, 5.41) is 0. The van der Waals surface area contributed by atoms with Crippen molar-refractivity contribution in [3.8, 4) is 0 Å². The zero-order chi connectivity index (χ0) is 12.7. The Labute approximate surface area is 104 Å². The van der Waals surface area contributed by atoms with Crippen LogP contribution in [0.4, 0.5) is 0 Å². The first-order valence-corrected chi connectivity index (χ1v) is 6.20. The number of hydrazine groups is 1. The summed E-state index contributed by atoms with van der Waals surface area (Å²) < 4.78 is 0. The van der Waals surface area contributed by atoms with Gasteiger partial charge in [0.25, 0.3) is 0 Å². The highest BCUT2D eigenvalue weighted by molar-refractivity contribution is 5.14. The zero-order valence-corrected chi connectivity index (χ0v) is 11.1. The van der Waals surface area contributed by atoms with Gasteiger partial charge in [-0.1, -0.05) is 13.0 Å². The molecule has 0 fully saturated rings. The number of aryl methyl sites for hydroxylation is 1. The van der Waals surface area contributed by atoms with Gasteiger partial charge in [-0.15, -0.1) is 0 Å². The standard InChI is InChI=1S/C13H24N4/c1-4-11-5-6-12(15-10-11)9-13(16-14)7-8-17(2)3/h5-6,10,13,16H,4,7-9,14H2,1-3H3. The Morgan fingerprint density at radius 2 is 2.18 bits per heavy atom. The third-order valence-corrected chi connectivity index (χ3v) is 2.91. The van der Waals surface area contributed by atoms with Crippen molar-refractivity contribution in [1.82, 2.24) is 15.3 Å². The summed E-state index contributed by atoms with van der Waals surface area (Å²) in [6, 6.07) is 4.53. The summed E-state index contributed by atoms with van der Waals surface area (Å²) in [4.78, 5) is 6.62. The molecule has 0 aliphatic heterocycles. The lowest BCUT2D eigenvalue weighted by Crippen LogP contribution is -2.39. The van der Waals surface area contributed by atoms with Crippen LogP contribution in [0.5, 0.6) is 0 Å². The van der Waals surface area contributed by atoms with Gasteiger partial charge in [0.05, 0.1) is 0 Å². The van der Waals surface area contributed by atoms with Gasteiger partial charge in [-0.05, 0) is 45.1 Å². The fourth-order valence-electron chi connectivity index (χ4n) is 1.70. The van der Waals surface area contributed by atoms with Crippen LogP contribution >= 0.6 is 0 Å². The van der Waals surface area contributed by atoms with E-state index in [-0.39, 0.29) is 6.04 Å². The van der Waals surface area contributed by atoms with E-state index in [1.165, 1.54) is 5.56 Å². The second-order valence-corrected chi connectivity index (χ2v) is 4.67. The number of pyridine rings is 1. The molecule has 4 nitrogen and oxygen atoms in total. The number of aromatic nitrogens is 1. The SMILES string of the molecule is CCc1ccc(CC(CCN(C)C)NN)nc1. The number of hydrogen-bond acceptors (Lipinski definition) is 4. The predicted molar refractivity (Wildman–Crippen MR) is 71.6 cm³/mol. The lowest BCUT2D eigenvalue weighted by atomic mass is 10.1. The van der Waals surface area contributed by atoms with Gasteiger partial charge in [0.1, 0.15) is 0 Å². The predicted octanol–water partition coefficient (Wildman–Crippen LogP) is 0.970. The summed E-state index contributed by atoms with van der Waals surface area (Å²) in [6.07, 6.45) is 4.90. The quantitative estimate of drug-likeness (QED) is 0.547. The second kappa shape index (κ2) is 7.37. The zero-order valence-electron chi connectivity index (χ0n) is 11.1. The highest BCUT2D eigenvalue weighted by Crippen LogP contribution is 2.05. The van der Waals surface area contributed by atoms with Crippen molar-refractivity contribution in [3.05, 3.63) is 29.6 Å². The highest BCUT2D eigenvalue weighted by Gasteiger charge is 2.08. The van der Waals surface area contributed by atoms with Crippen LogP contribution < -0.4 is 11.3 Å². The van der Waals surface area contributed by atoms with Crippen molar-refractivity contribution in [1.29, 1.82) is 0 Å². The number of nitrogens with one attached hydrogen (secondary N) is 1. The van der Waals surface area contributed by atoms with Crippen LogP contribution in [0.2, 0.25) is 0 Å². The first-order chi connectivity index (χ1) is 8.15. The Morgan fingerprint density at radius 1 is 1.41 bits per heavy atom. The molecule has 4 heteroatoms. The maximum Gasteiger partial charge on any atom is 0.0419 e. The average Bonchev–Trinajstić information content (AvgIpc) is 2.35. The van der Waals surface area contributed by atoms with Crippen LogP contribution in [0.3, 0.4) is 0 Å². The molecule has 0 saturated heterocycles. The molecule has 0 radical (unpaired) electrons. The van der Waals surface area contributed by atoms with Crippen molar-refractivity contribution < 1.29 is 0 Å². The van der Waals surface area contributed by atoms with Crippen LogP contribution in [0, 0.1) is 0 Å². The summed E-state index contributed by atoms with van der Waals surface area (Å²) in [6.45, 7) is 3.17. The Kier molecular flexibility index (Phi) is 6.11. The van der Waals surface area contributed by atoms with Crippen LogP contribution in [0.1, 0.15) is 24.6 Å². The van der Waals surface area contributed by atoms with Gasteiger partial charge in [0.15, 0.2) is 0 Å². The number of rotatable bonds is 7. The van der Waals surface area contributed by atoms with Crippen molar-refractivity contribution in [2.24, 2.45) is 5.84 Å². The van der Waals surface area contributed by atoms with Crippen molar-refractivity contribution in [2.75, 3.05) is 20.6 Å². The summed E-state index contributed by atoms with van der Waals surface area (Å²) in [5.41, 5.74) is 5.25. The monoisotopic (exact) mass is 236 g/mol. The van der Waals surface area contributed by atoms with Gasteiger partial charge in [-0.2, -0.15) is 0 Å². The van der Waals surface area contributed by atoms with Crippen LogP contribution in [-0.4, -0.2) is 36.6 Å². The van der Waals surface area contributed by atoms with Gasteiger partial charge >= 0.3 is 0 Å². The fourth-order valence-corrected chi connectivity index (χ4v) is 1.70. The minimum Gasteiger partial charge on any atom is -0.309 e. The number of nitrogens with two attached hydrogens (primary N) is 1. The van der Waals surface area contributed by atoms with E-state index in [4.69, 9.17) is 5.84 Å². The maximum absolute atomic E-state index is 5.57. The van der Waals surface area contributed by atoms with Gasteiger partial charge < -0.3 is 4.90 Å². The lowest BCUT2D eigenvalue weighted by molar-refractivity contribution is 0.357. The Morgan fingerprint density at radius 3 is 2.65 bits per heavy atom. The first-order valence-electron chi connectivity index (χ1n) is 6.20. The van der Waals surface area contributed by atoms with Gasteiger partial charge in [-0.25, -0.2) is 0 Å². The molecule has 1 aromatic heterocycles. The smallest absolute Gasteiger partial charge is 0.0419 e. The lowest BCUT2D eigenvalue weighted by Gasteiger charge is -2.18. The normalized spacial score (nSPS) is 13.0. The third-order valence-electron chi connectivity index (χ3n) is 2.91. The summed E-state index contributed by atoms with van der Waals surface area (Å²) in [5.74, 6) is 5.57. The molecule has 0 spiro atoms. The molecule has 1 rings (SSSR count). The van der Waals surface area contributed by atoms with E-state index in [0.29, 0.717) is 0 Å². The molecule has 1 aromatic rings. The fraction of sp³-hybridized carbons (Fsp3) is 0.615. The largest absolute Gasteiger partial charge is 0.309 e. The topological polar surface area (TPSA) is 54.2 Å². The number of nitrogens with zero attached hydrogens (tertiary/aromatic N) is 2. The van der Waals surface area contributed by atoms with Gasteiger partial charge in [0.2, 0.25) is 0 Å². The average molecular weight is 236 g/mol. The molecule has 0 amide bonds. The molecular weight excluding hydrogens is 212 g/mol. The molecule has 0 bridgehead atoms. The Balaban J connectivity index is 2.48. The third kappa shape index (κ3) is 5.26. The molecule has 3 N–H and O–H groups in total. The Bertz CT molecular complexity index is 308. The van der Waals surface area contributed by atoms with E-state index in [2.05, 4.69) is 48.5 Å².